The Kier molecular flexibility index (Phi) is 4.43. The van der Waals surface area contributed by atoms with E-state index in [-0.39, 0.29) is 0 Å². The number of hydrogen-bond acceptors (Lipinski definition) is 4. The van der Waals surface area contributed by atoms with Crippen LogP contribution in [0.15, 0.2) is 36.5 Å². The molecule has 0 unspecified atom stereocenters. The van der Waals surface area contributed by atoms with Gasteiger partial charge in [0, 0.05) is 38.9 Å². The molecule has 2 aromatic rings. The van der Waals surface area contributed by atoms with Crippen molar-refractivity contribution in [2.45, 2.75) is 13.1 Å². The van der Waals surface area contributed by atoms with Crippen LogP contribution in [0.25, 0.3) is 0 Å². The van der Waals surface area contributed by atoms with E-state index in [2.05, 4.69) is 50.1 Å². The van der Waals surface area contributed by atoms with Crippen LogP contribution in [-0.2, 0) is 13.1 Å². The maximum atomic E-state index is 10.6. The number of rotatable bonds is 5. The highest BCUT2D eigenvalue weighted by molar-refractivity contribution is 5.71. The van der Waals surface area contributed by atoms with Gasteiger partial charge in [-0.1, -0.05) is 30.3 Å². The standard InChI is InChI=1S/C16H20N4O/c21-13-15-10-17-16(18-15)12-20-8-6-19(7-9-20)11-14-4-2-1-3-5-14/h1-5,10,13H,6-9,11-12H2,(H,17,18). The number of aromatic amines is 1. The van der Waals surface area contributed by atoms with Gasteiger partial charge in [0.2, 0.25) is 0 Å². The molecule has 2 heterocycles. The monoisotopic (exact) mass is 284 g/mol. The maximum Gasteiger partial charge on any atom is 0.170 e. The number of hydrogen-bond donors (Lipinski definition) is 1. The zero-order chi connectivity index (χ0) is 14.5. The predicted octanol–water partition coefficient (Wildman–Crippen LogP) is 1.54. The van der Waals surface area contributed by atoms with Gasteiger partial charge in [0.25, 0.3) is 0 Å². The summed E-state index contributed by atoms with van der Waals surface area (Å²) in [4.78, 5) is 22.8. The second-order valence-corrected chi connectivity index (χ2v) is 5.43. The van der Waals surface area contributed by atoms with Crippen LogP contribution in [0.4, 0.5) is 0 Å². The molecule has 1 fully saturated rings. The molecule has 1 aromatic heterocycles. The van der Waals surface area contributed by atoms with Crippen molar-refractivity contribution in [1.82, 2.24) is 19.8 Å². The number of carbonyl (C=O) groups excluding carboxylic acids is 1. The topological polar surface area (TPSA) is 52.2 Å². The normalized spacial score (nSPS) is 17.0. The summed E-state index contributed by atoms with van der Waals surface area (Å²) in [5.74, 6) is 0.869. The van der Waals surface area contributed by atoms with E-state index >= 15 is 0 Å². The number of benzene rings is 1. The van der Waals surface area contributed by atoms with Gasteiger partial charge in [-0.15, -0.1) is 0 Å². The minimum Gasteiger partial charge on any atom is -0.347 e. The van der Waals surface area contributed by atoms with Crippen LogP contribution < -0.4 is 0 Å². The van der Waals surface area contributed by atoms with E-state index in [9.17, 15) is 4.79 Å². The molecule has 1 saturated heterocycles. The fraction of sp³-hybridized carbons (Fsp3) is 0.375. The van der Waals surface area contributed by atoms with Crippen molar-refractivity contribution in [3.8, 4) is 0 Å². The van der Waals surface area contributed by atoms with Crippen molar-refractivity contribution in [3.63, 3.8) is 0 Å². The second kappa shape index (κ2) is 6.65. The Hall–Kier alpha value is -1.98. The summed E-state index contributed by atoms with van der Waals surface area (Å²) in [6.45, 7) is 6.00. The van der Waals surface area contributed by atoms with Crippen LogP contribution in [0, 0.1) is 0 Å². The molecule has 0 amide bonds. The molecule has 21 heavy (non-hydrogen) atoms. The number of aldehydes is 1. The fourth-order valence-corrected chi connectivity index (χ4v) is 2.68. The smallest absolute Gasteiger partial charge is 0.170 e. The molecule has 1 aromatic carbocycles. The molecule has 1 aliphatic rings. The van der Waals surface area contributed by atoms with Crippen molar-refractivity contribution < 1.29 is 4.79 Å². The molecule has 0 atom stereocenters. The maximum absolute atomic E-state index is 10.6. The predicted molar refractivity (Wildman–Crippen MR) is 81.0 cm³/mol. The van der Waals surface area contributed by atoms with Gasteiger partial charge < -0.3 is 4.98 Å². The van der Waals surface area contributed by atoms with Crippen LogP contribution in [0.5, 0.6) is 0 Å². The summed E-state index contributed by atoms with van der Waals surface area (Å²) in [5, 5.41) is 0. The molecule has 0 spiro atoms. The van der Waals surface area contributed by atoms with E-state index in [0.29, 0.717) is 5.69 Å². The number of nitrogens with one attached hydrogen (secondary N) is 1. The third-order valence-electron chi connectivity index (χ3n) is 3.86. The molecule has 0 aliphatic carbocycles. The highest BCUT2D eigenvalue weighted by atomic mass is 16.1. The SMILES string of the molecule is O=Cc1c[nH]c(CN2CCN(Cc3ccccc3)CC2)n1. The van der Waals surface area contributed by atoms with Crippen LogP contribution in [0.2, 0.25) is 0 Å². The van der Waals surface area contributed by atoms with Gasteiger partial charge >= 0.3 is 0 Å². The Balaban J connectivity index is 1.47. The molecule has 3 rings (SSSR count). The summed E-state index contributed by atoms with van der Waals surface area (Å²) in [7, 11) is 0. The lowest BCUT2D eigenvalue weighted by Crippen LogP contribution is -2.45. The molecular weight excluding hydrogens is 264 g/mol. The first-order chi connectivity index (χ1) is 10.3. The first-order valence-electron chi connectivity index (χ1n) is 7.31. The first kappa shape index (κ1) is 14.0. The van der Waals surface area contributed by atoms with E-state index in [1.807, 2.05) is 0 Å². The Morgan fingerprint density at radius 3 is 2.33 bits per heavy atom. The average Bonchev–Trinajstić information content (AvgIpc) is 2.98. The summed E-state index contributed by atoms with van der Waals surface area (Å²) in [6, 6.07) is 10.6. The summed E-state index contributed by atoms with van der Waals surface area (Å²) < 4.78 is 0. The molecule has 1 N–H and O–H groups in total. The summed E-state index contributed by atoms with van der Waals surface area (Å²) in [5.41, 5.74) is 1.85. The van der Waals surface area contributed by atoms with Crippen LogP contribution in [0.1, 0.15) is 21.9 Å². The summed E-state index contributed by atoms with van der Waals surface area (Å²) in [6.07, 6.45) is 2.44. The average molecular weight is 284 g/mol. The van der Waals surface area contributed by atoms with Gasteiger partial charge in [0.05, 0.1) is 6.54 Å². The molecule has 0 saturated carbocycles. The Bertz CT molecular complexity index is 573. The summed E-state index contributed by atoms with van der Waals surface area (Å²) >= 11 is 0. The number of carbonyl (C=O) groups is 1. The second-order valence-electron chi connectivity index (χ2n) is 5.43. The number of nitrogens with zero attached hydrogens (tertiary/aromatic N) is 3. The number of piperazine rings is 1. The zero-order valence-corrected chi connectivity index (χ0v) is 12.0. The lowest BCUT2D eigenvalue weighted by Gasteiger charge is -2.34. The third kappa shape index (κ3) is 3.77. The molecule has 5 nitrogen and oxygen atoms in total. The van der Waals surface area contributed by atoms with Gasteiger partial charge in [-0.05, 0) is 5.56 Å². The van der Waals surface area contributed by atoms with Crippen molar-refractivity contribution >= 4 is 6.29 Å². The van der Waals surface area contributed by atoms with Gasteiger partial charge in [-0.25, -0.2) is 4.98 Å². The van der Waals surface area contributed by atoms with Crippen LogP contribution in [0.3, 0.4) is 0 Å². The number of aromatic nitrogens is 2. The zero-order valence-electron chi connectivity index (χ0n) is 12.0. The van der Waals surface area contributed by atoms with Crippen molar-refractivity contribution in [2.75, 3.05) is 26.2 Å². The lowest BCUT2D eigenvalue weighted by atomic mass is 10.2. The van der Waals surface area contributed by atoms with Crippen LogP contribution >= 0.6 is 0 Å². The fourth-order valence-electron chi connectivity index (χ4n) is 2.68. The molecule has 1 aliphatic heterocycles. The molecule has 110 valence electrons. The molecule has 0 radical (unpaired) electrons. The first-order valence-corrected chi connectivity index (χ1v) is 7.31. The van der Waals surface area contributed by atoms with E-state index < -0.39 is 0 Å². The minimum atomic E-state index is 0.479. The van der Waals surface area contributed by atoms with Gasteiger partial charge in [0.15, 0.2) is 6.29 Å². The van der Waals surface area contributed by atoms with Gasteiger partial charge in [0.1, 0.15) is 11.5 Å². The molecule has 5 heteroatoms. The lowest BCUT2D eigenvalue weighted by molar-refractivity contribution is 0.111. The van der Waals surface area contributed by atoms with E-state index in [4.69, 9.17) is 0 Å². The van der Waals surface area contributed by atoms with Gasteiger partial charge in [-0.2, -0.15) is 0 Å². The van der Waals surface area contributed by atoms with Crippen molar-refractivity contribution in [3.05, 3.63) is 53.6 Å². The van der Waals surface area contributed by atoms with Crippen molar-refractivity contribution in [1.29, 1.82) is 0 Å². The number of imidazole rings is 1. The highest BCUT2D eigenvalue weighted by Gasteiger charge is 2.17. The Morgan fingerprint density at radius 2 is 1.71 bits per heavy atom. The van der Waals surface area contributed by atoms with Crippen molar-refractivity contribution in [2.24, 2.45) is 0 Å². The van der Waals surface area contributed by atoms with E-state index in [0.717, 1.165) is 51.4 Å². The highest BCUT2D eigenvalue weighted by Crippen LogP contribution is 2.10. The largest absolute Gasteiger partial charge is 0.347 e. The van der Waals surface area contributed by atoms with Gasteiger partial charge in [-0.3, -0.25) is 14.6 Å². The number of H-pyrrole nitrogens is 1. The molecular formula is C16H20N4O. The third-order valence-corrected chi connectivity index (χ3v) is 3.86. The van der Waals surface area contributed by atoms with E-state index in [1.54, 1.807) is 6.20 Å². The Labute approximate surface area is 124 Å². The quantitative estimate of drug-likeness (QED) is 0.846. The van der Waals surface area contributed by atoms with Crippen LogP contribution in [-0.4, -0.2) is 52.2 Å². The van der Waals surface area contributed by atoms with E-state index in [1.165, 1.54) is 5.56 Å². The minimum absolute atomic E-state index is 0.479. The molecule has 0 bridgehead atoms. The Morgan fingerprint density at radius 1 is 1.05 bits per heavy atom.